The number of sulfonamides is 1. The Bertz CT molecular complexity index is 978. The summed E-state index contributed by atoms with van der Waals surface area (Å²) >= 11 is 6.21. The van der Waals surface area contributed by atoms with Crippen molar-refractivity contribution in [3.8, 4) is 5.75 Å². The van der Waals surface area contributed by atoms with Gasteiger partial charge in [0.25, 0.3) is 5.91 Å². The van der Waals surface area contributed by atoms with Crippen LogP contribution in [0.2, 0.25) is 5.02 Å². The third kappa shape index (κ3) is 4.27. The largest absolute Gasteiger partial charge is 0.482 e. The Morgan fingerprint density at radius 1 is 1.39 bits per heavy atom. The second-order valence-electron chi connectivity index (χ2n) is 5.87. The summed E-state index contributed by atoms with van der Waals surface area (Å²) in [7, 11) is -2.41. The average molecular weight is 431 g/mol. The molecule has 10 nitrogen and oxygen atoms in total. The molecule has 12 heteroatoms. The summed E-state index contributed by atoms with van der Waals surface area (Å²) in [4.78, 5) is 17.8. The first-order chi connectivity index (χ1) is 13.4. The molecule has 0 spiro atoms. The highest BCUT2D eigenvalue weighted by Crippen LogP contribution is 2.39. The van der Waals surface area contributed by atoms with Crippen LogP contribution >= 0.6 is 11.6 Å². The van der Waals surface area contributed by atoms with Gasteiger partial charge < -0.3 is 14.0 Å². The number of carbonyl (C=O) groups is 1. The second-order valence-corrected chi connectivity index (χ2v) is 8.01. The molecule has 1 aromatic carbocycles. The van der Waals surface area contributed by atoms with Crippen molar-refractivity contribution in [2.45, 2.75) is 24.8 Å². The molecule has 28 heavy (non-hydrogen) atoms. The standard InChI is InChI=1S/C16H19ClN4O6S/c1-3-15-19-14(20-27-15)8-21-11-6-10(17)13(7-12(11)26-9-16(21)22)28(23,24)18-4-5-25-2/h6-7,18H,3-5,8-9H2,1-2H3. The van der Waals surface area contributed by atoms with Crippen molar-refractivity contribution in [1.29, 1.82) is 0 Å². The maximum absolute atomic E-state index is 12.5. The van der Waals surface area contributed by atoms with Gasteiger partial charge in [-0.15, -0.1) is 0 Å². The van der Waals surface area contributed by atoms with Crippen LogP contribution < -0.4 is 14.4 Å². The summed E-state index contributed by atoms with van der Waals surface area (Å²) < 4.78 is 42.6. The van der Waals surface area contributed by atoms with Crippen LogP contribution in [-0.4, -0.2) is 51.3 Å². The third-order valence-corrected chi connectivity index (χ3v) is 5.88. The van der Waals surface area contributed by atoms with Gasteiger partial charge in [0, 0.05) is 26.1 Å². The van der Waals surface area contributed by atoms with E-state index in [1.807, 2.05) is 6.92 Å². The van der Waals surface area contributed by atoms with Crippen LogP contribution in [0.1, 0.15) is 18.6 Å². The first-order valence-corrected chi connectivity index (χ1v) is 10.3. The molecule has 2 heterocycles. The van der Waals surface area contributed by atoms with E-state index in [9.17, 15) is 13.2 Å². The molecule has 3 rings (SSSR count). The number of ether oxygens (including phenoxy) is 2. The topological polar surface area (TPSA) is 124 Å². The van der Waals surface area contributed by atoms with Crippen LogP contribution in [0.15, 0.2) is 21.6 Å². The van der Waals surface area contributed by atoms with Gasteiger partial charge in [-0.3, -0.25) is 9.69 Å². The summed E-state index contributed by atoms with van der Waals surface area (Å²) in [5.74, 6) is 0.667. The quantitative estimate of drug-likeness (QED) is 0.618. The minimum atomic E-state index is -3.87. The number of carbonyl (C=O) groups excluding carboxylic acids is 1. The first-order valence-electron chi connectivity index (χ1n) is 8.42. The molecule has 0 bridgehead atoms. The highest BCUT2D eigenvalue weighted by Gasteiger charge is 2.30. The van der Waals surface area contributed by atoms with Crippen molar-refractivity contribution >= 4 is 33.2 Å². The fourth-order valence-electron chi connectivity index (χ4n) is 2.58. The molecule has 0 unspecified atom stereocenters. The lowest BCUT2D eigenvalue weighted by Gasteiger charge is -2.29. The van der Waals surface area contributed by atoms with E-state index in [4.69, 9.17) is 25.6 Å². The van der Waals surface area contributed by atoms with Crippen LogP contribution in [0.25, 0.3) is 0 Å². The van der Waals surface area contributed by atoms with Gasteiger partial charge in [-0.2, -0.15) is 4.98 Å². The Hall–Kier alpha value is -2.21. The fourth-order valence-corrected chi connectivity index (χ4v) is 4.13. The number of hydrogen-bond donors (Lipinski definition) is 1. The molecular formula is C16H19ClN4O6S. The molecule has 0 saturated heterocycles. The van der Waals surface area contributed by atoms with Gasteiger partial charge >= 0.3 is 0 Å². The summed E-state index contributed by atoms with van der Waals surface area (Å²) in [5, 5.41) is 3.79. The normalized spacial score (nSPS) is 14.1. The zero-order valence-electron chi connectivity index (χ0n) is 15.3. The minimum Gasteiger partial charge on any atom is -0.482 e. The van der Waals surface area contributed by atoms with Gasteiger partial charge in [0.05, 0.1) is 23.9 Å². The number of nitrogens with one attached hydrogen (secondary N) is 1. The van der Waals surface area contributed by atoms with E-state index in [1.165, 1.54) is 24.1 Å². The number of nitrogens with zero attached hydrogens (tertiary/aromatic N) is 3. The molecule has 1 aliphatic rings. The fraction of sp³-hybridized carbons (Fsp3) is 0.438. The van der Waals surface area contributed by atoms with E-state index in [0.29, 0.717) is 23.8 Å². The number of halogens is 1. The molecule has 2 aromatic rings. The van der Waals surface area contributed by atoms with E-state index in [2.05, 4.69) is 14.9 Å². The lowest BCUT2D eigenvalue weighted by molar-refractivity contribution is -0.121. The van der Waals surface area contributed by atoms with Crippen molar-refractivity contribution < 1.29 is 27.2 Å². The first kappa shape index (κ1) is 20.5. The van der Waals surface area contributed by atoms with Gasteiger partial charge in [-0.05, 0) is 6.07 Å². The van der Waals surface area contributed by atoms with Crippen LogP contribution in [0, 0.1) is 0 Å². The zero-order valence-corrected chi connectivity index (χ0v) is 16.8. The number of fused-ring (bicyclic) bond motifs is 1. The van der Waals surface area contributed by atoms with Crippen LogP contribution in [-0.2, 0) is 32.5 Å². The lowest BCUT2D eigenvalue weighted by Crippen LogP contribution is -2.38. The highest BCUT2D eigenvalue weighted by atomic mass is 35.5. The Morgan fingerprint density at radius 2 is 2.18 bits per heavy atom. The van der Waals surface area contributed by atoms with E-state index in [-0.39, 0.29) is 47.9 Å². The van der Waals surface area contributed by atoms with Crippen LogP contribution in [0.3, 0.4) is 0 Å². The van der Waals surface area contributed by atoms with Crippen molar-refractivity contribution in [1.82, 2.24) is 14.9 Å². The summed E-state index contributed by atoms with van der Waals surface area (Å²) in [6.07, 6.45) is 0.573. The van der Waals surface area contributed by atoms with E-state index in [1.54, 1.807) is 0 Å². The van der Waals surface area contributed by atoms with Gasteiger partial charge in [-0.1, -0.05) is 23.7 Å². The Labute approximate surface area is 166 Å². The lowest BCUT2D eigenvalue weighted by atomic mass is 10.2. The number of rotatable bonds is 8. The predicted octanol–water partition coefficient (Wildman–Crippen LogP) is 1.14. The summed E-state index contributed by atoms with van der Waals surface area (Å²) in [6, 6.07) is 2.67. The van der Waals surface area contributed by atoms with Gasteiger partial charge in [0.1, 0.15) is 10.6 Å². The van der Waals surface area contributed by atoms with Gasteiger partial charge in [-0.25, -0.2) is 13.1 Å². The highest BCUT2D eigenvalue weighted by molar-refractivity contribution is 7.89. The molecule has 1 amide bonds. The number of amides is 1. The average Bonchev–Trinajstić information content (AvgIpc) is 3.11. The maximum Gasteiger partial charge on any atom is 0.265 e. The monoisotopic (exact) mass is 430 g/mol. The van der Waals surface area contributed by atoms with Gasteiger partial charge in [0.2, 0.25) is 15.9 Å². The number of aryl methyl sites for hydroxylation is 1. The summed E-state index contributed by atoms with van der Waals surface area (Å²) in [5.41, 5.74) is 0.333. The molecular weight excluding hydrogens is 412 g/mol. The summed E-state index contributed by atoms with van der Waals surface area (Å²) in [6.45, 7) is 1.98. The van der Waals surface area contributed by atoms with Crippen LogP contribution in [0.4, 0.5) is 5.69 Å². The molecule has 1 aliphatic heterocycles. The smallest absolute Gasteiger partial charge is 0.265 e. The Balaban J connectivity index is 1.91. The van der Waals surface area contributed by atoms with Crippen LogP contribution in [0.5, 0.6) is 5.75 Å². The molecule has 0 radical (unpaired) electrons. The molecule has 1 aromatic heterocycles. The van der Waals surface area contributed by atoms with Crippen molar-refractivity contribution in [2.24, 2.45) is 0 Å². The number of benzene rings is 1. The van der Waals surface area contributed by atoms with E-state index >= 15 is 0 Å². The van der Waals surface area contributed by atoms with E-state index in [0.717, 1.165) is 0 Å². The molecule has 0 saturated carbocycles. The maximum atomic E-state index is 12.5. The zero-order chi connectivity index (χ0) is 20.3. The number of hydrogen-bond acceptors (Lipinski definition) is 8. The van der Waals surface area contributed by atoms with Crippen molar-refractivity contribution in [3.05, 3.63) is 28.9 Å². The number of anilines is 1. The molecule has 152 valence electrons. The molecule has 1 N–H and O–H groups in total. The molecule has 0 aliphatic carbocycles. The molecule has 0 atom stereocenters. The number of aromatic nitrogens is 2. The molecule has 0 fully saturated rings. The predicted molar refractivity (Wildman–Crippen MR) is 98.9 cm³/mol. The SMILES string of the molecule is CCc1nc(CN2C(=O)COc3cc(S(=O)(=O)NCCOC)c(Cl)cc32)no1. The van der Waals surface area contributed by atoms with Crippen molar-refractivity contribution in [3.63, 3.8) is 0 Å². The minimum absolute atomic E-state index is 0.0469. The Morgan fingerprint density at radius 3 is 2.86 bits per heavy atom. The van der Waals surface area contributed by atoms with E-state index < -0.39 is 10.0 Å². The second kappa shape index (κ2) is 8.43. The van der Waals surface area contributed by atoms with Gasteiger partial charge in [0.15, 0.2) is 12.4 Å². The third-order valence-electron chi connectivity index (χ3n) is 3.96. The Kier molecular flexibility index (Phi) is 6.18. The number of methoxy groups -OCH3 is 1. The van der Waals surface area contributed by atoms with Crippen molar-refractivity contribution in [2.75, 3.05) is 31.8 Å².